The summed E-state index contributed by atoms with van der Waals surface area (Å²) in [5, 5.41) is 4.17. The molecule has 1 aromatic heterocycles. The summed E-state index contributed by atoms with van der Waals surface area (Å²) >= 11 is 1.42. The van der Waals surface area contributed by atoms with E-state index < -0.39 is 0 Å². The van der Waals surface area contributed by atoms with Crippen molar-refractivity contribution in [1.29, 1.82) is 0 Å². The van der Waals surface area contributed by atoms with Crippen molar-refractivity contribution in [3.63, 3.8) is 0 Å². The van der Waals surface area contributed by atoms with Gasteiger partial charge in [0.15, 0.2) is 0 Å². The first-order chi connectivity index (χ1) is 6.84. The Balaban J connectivity index is 1.67. The van der Waals surface area contributed by atoms with Crippen LogP contribution >= 0.6 is 11.5 Å². The molecule has 0 spiro atoms. The van der Waals surface area contributed by atoms with E-state index in [0.29, 0.717) is 6.10 Å². The monoisotopic (exact) mass is 213 g/mol. The summed E-state index contributed by atoms with van der Waals surface area (Å²) in [5.41, 5.74) is 0. The maximum atomic E-state index is 5.52. The van der Waals surface area contributed by atoms with Crippen molar-refractivity contribution in [1.82, 2.24) is 9.36 Å². The fourth-order valence-corrected chi connectivity index (χ4v) is 2.18. The lowest BCUT2D eigenvalue weighted by molar-refractivity contribution is 0.107. The number of ether oxygens (including phenoxy) is 1. The molecule has 4 nitrogen and oxygen atoms in total. The van der Waals surface area contributed by atoms with E-state index >= 15 is 0 Å². The van der Waals surface area contributed by atoms with Gasteiger partial charge in [-0.1, -0.05) is 0 Å². The van der Waals surface area contributed by atoms with Crippen LogP contribution in [0.5, 0.6) is 0 Å². The molecule has 0 bridgehead atoms. The van der Waals surface area contributed by atoms with Crippen molar-refractivity contribution in [3.8, 4) is 0 Å². The first kappa shape index (κ1) is 9.86. The molecule has 1 atom stereocenters. The van der Waals surface area contributed by atoms with Gasteiger partial charge in [-0.3, -0.25) is 0 Å². The fourth-order valence-electron chi connectivity index (χ4n) is 1.58. The topological polar surface area (TPSA) is 47.0 Å². The molecule has 1 saturated heterocycles. The molecule has 0 aliphatic carbocycles. The molecule has 5 heteroatoms. The van der Waals surface area contributed by atoms with Crippen LogP contribution in [0.4, 0.5) is 5.13 Å². The molecule has 0 amide bonds. The van der Waals surface area contributed by atoms with Crippen molar-refractivity contribution >= 4 is 16.7 Å². The van der Waals surface area contributed by atoms with E-state index in [2.05, 4.69) is 14.7 Å². The van der Waals surface area contributed by atoms with Gasteiger partial charge >= 0.3 is 0 Å². The number of nitrogens with one attached hydrogen (secondary N) is 1. The number of aryl methyl sites for hydroxylation is 1. The third-order valence-electron chi connectivity index (χ3n) is 2.29. The zero-order valence-corrected chi connectivity index (χ0v) is 9.14. The quantitative estimate of drug-likeness (QED) is 0.829. The summed E-state index contributed by atoms with van der Waals surface area (Å²) in [6.45, 7) is 3.77. The lowest BCUT2D eigenvalue weighted by Crippen LogP contribution is -2.12. The van der Waals surface area contributed by atoms with Crippen LogP contribution in [0, 0.1) is 6.92 Å². The van der Waals surface area contributed by atoms with Crippen molar-refractivity contribution in [2.45, 2.75) is 32.3 Å². The zero-order chi connectivity index (χ0) is 9.80. The van der Waals surface area contributed by atoms with Crippen LogP contribution in [0.3, 0.4) is 0 Å². The van der Waals surface area contributed by atoms with Gasteiger partial charge in [0.1, 0.15) is 5.82 Å². The molecular weight excluding hydrogens is 198 g/mol. The zero-order valence-electron chi connectivity index (χ0n) is 8.32. The average molecular weight is 213 g/mol. The molecule has 0 aromatic carbocycles. The molecule has 0 saturated carbocycles. The van der Waals surface area contributed by atoms with Crippen LogP contribution in [0.15, 0.2) is 0 Å². The summed E-state index contributed by atoms with van der Waals surface area (Å²) in [4.78, 5) is 4.23. The highest BCUT2D eigenvalue weighted by Crippen LogP contribution is 2.16. The minimum Gasteiger partial charge on any atom is -0.378 e. The van der Waals surface area contributed by atoms with Crippen molar-refractivity contribution in [2.75, 3.05) is 18.5 Å². The molecule has 1 N–H and O–H groups in total. The van der Waals surface area contributed by atoms with Gasteiger partial charge in [0.25, 0.3) is 0 Å². The highest BCUT2D eigenvalue weighted by molar-refractivity contribution is 7.09. The Morgan fingerprint density at radius 2 is 2.57 bits per heavy atom. The van der Waals surface area contributed by atoms with E-state index in [9.17, 15) is 0 Å². The lowest BCUT2D eigenvalue weighted by Gasteiger charge is -2.08. The maximum Gasteiger partial charge on any atom is 0.202 e. The third-order valence-corrected chi connectivity index (χ3v) is 3.06. The molecule has 14 heavy (non-hydrogen) atoms. The van der Waals surface area contributed by atoms with Crippen molar-refractivity contribution in [2.24, 2.45) is 0 Å². The van der Waals surface area contributed by atoms with Crippen LogP contribution in [0.2, 0.25) is 0 Å². The molecular formula is C9H15N3OS. The number of hydrogen-bond donors (Lipinski definition) is 1. The van der Waals surface area contributed by atoms with E-state index in [1.807, 2.05) is 6.92 Å². The van der Waals surface area contributed by atoms with Crippen LogP contribution < -0.4 is 5.32 Å². The van der Waals surface area contributed by atoms with Gasteiger partial charge in [0.2, 0.25) is 5.13 Å². The van der Waals surface area contributed by atoms with Gasteiger partial charge in [0.05, 0.1) is 6.10 Å². The van der Waals surface area contributed by atoms with E-state index in [1.165, 1.54) is 24.4 Å². The standard InChI is InChI=1S/C9H15N3OS/c1-7-11-9(14-12-7)10-5-4-8-3-2-6-13-8/h8H,2-6H2,1H3,(H,10,11,12). The van der Waals surface area contributed by atoms with Gasteiger partial charge < -0.3 is 10.1 Å². The van der Waals surface area contributed by atoms with Gasteiger partial charge in [0, 0.05) is 24.7 Å². The number of anilines is 1. The number of rotatable bonds is 4. The molecule has 1 aromatic rings. The minimum atomic E-state index is 0.455. The van der Waals surface area contributed by atoms with Crippen molar-refractivity contribution < 1.29 is 4.74 Å². The molecule has 0 radical (unpaired) electrons. The van der Waals surface area contributed by atoms with Crippen molar-refractivity contribution in [3.05, 3.63) is 5.82 Å². The van der Waals surface area contributed by atoms with E-state index in [0.717, 1.165) is 30.5 Å². The Kier molecular flexibility index (Phi) is 3.31. The highest BCUT2D eigenvalue weighted by Gasteiger charge is 2.14. The summed E-state index contributed by atoms with van der Waals surface area (Å²) < 4.78 is 9.63. The second kappa shape index (κ2) is 4.70. The molecule has 1 unspecified atom stereocenters. The SMILES string of the molecule is Cc1nsc(NCCC2CCCO2)n1. The second-order valence-electron chi connectivity index (χ2n) is 3.50. The Morgan fingerprint density at radius 1 is 1.64 bits per heavy atom. The molecule has 1 fully saturated rings. The Morgan fingerprint density at radius 3 is 3.21 bits per heavy atom. The number of aromatic nitrogens is 2. The Labute approximate surface area is 87.9 Å². The highest BCUT2D eigenvalue weighted by atomic mass is 32.1. The van der Waals surface area contributed by atoms with E-state index in [1.54, 1.807) is 0 Å². The summed E-state index contributed by atoms with van der Waals surface area (Å²) in [7, 11) is 0. The van der Waals surface area contributed by atoms with Crippen LogP contribution in [-0.4, -0.2) is 28.6 Å². The summed E-state index contributed by atoms with van der Waals surface area (Å²) in [6, 6.07) is 0. The van der Waals surface area contributed by atoms with Crippen LogP contribution in [-0.2, 0) is 4.74 Å². The predicted octanol–water partition coefficient (Wildman–Crippen LogP) is 1.83. The normalized spacial score (nSPS) is 21.4. The Hall–Kier alpha value is -0.680. The van der Waals surface area contributed by atoms with Gasteiger partial charge in [-0.2, -0.15) is 4.37 Å². The maximum absolute atomic E-state index is 5.52. The van der Waals surface area contributed by atoms with Gasteiger partial charge in [-0.15, -0.1) is 0 Å². The van der Waals surface area contributed by atoms with Gasteiger partial charge in [-0.05, 0) is 26.2 Å². The number of nitrogens with zero attached hydrogens (tertiary/aromatic N) is 2. The molecule has 78 valence electrons. The second-order valence-corrected chi connectivity index (χ2v) is 4.25. The first-order valence-corrected chi connectivity index (χ1v) is 5.78. The van der Waals surface area contributed by atoms with E-state index in [4.69, 9.17) is 4.74 Å². The summed E-state index contributed by atoms with van der Waals surface area (Å²) in [6.07, 6.45) is 3.94. The molecule has 1 aliphatic heterocycles. The average Bonchev–Trinajstić information content (AvgIpc) is 2.77. The van der Waals surface area contributed by atoms with Crippen LogP contribution in [0.25, 0.3) is 0 Å². The smallest absolute Gasteiger partial charge is 0.202 e. The van der Waals surface area contributed by atoms with E-state index in [-0.39, 0.29) is 0 Å². The number of hydrogen-bond acceptors (Lipinski definition) is 5. The lowest BCUT2D eigenvalue weighted by atomic mass is 10.2. The Bertz CT molecular complexity index is 283. The third kappa shape index (κ3) is 2.65. The van der Waals surface area contributed by atoms with Gasteiger partial charge in [-0.25, -0.2) is 4.98 Å². The molecule has 1 aliphatic rings. The fraction of sp³-hybridized carbons (Fsp3) is 0.778. The molecule has 2 heterocycles. The predicted molar refractivity (Wildman–Crippen MR) is 56.7 cm³/mol. The molecule has 2 rings (SSSR count). The summed E-state index contributed by atoms with van der Waals surface area (Å²) in [5.74, 6) is 0.842. The van der Waals surface area contributed by atoms with Crippen LogP contribution in [0.1, 0.15) is 25.1 Å². The first-order valence-electron chi connectivity index (χ1n) is 5.00. The largest absolute Gasteiger partial charge is 0.378 e. The minimum absolute atomic E-state index is 0.455.